The number of oxazole rings is 1. The van der Waals surface area contributed by atoms with E-state index in [1.807, 2.05) is 0 Å². The molecule has 0 radical (unpaired) electrons. The highest BCUT2D eigenvalue weighted by Crippen LogP contribution is 2.31. The second-order valence-electron chi connectivity index (χ2n) is 3.36. The van der Waals surface area contributed by atoms with Crippen molar-refractivity contribution < 1.29 is 17.6 Å². The van der Waals surface area contributed by atoms with Gasteiger partial charge in [-0.05, 0) is 30.7 Å². The fourth-order valence-corrected chi connectivity index (χ4v) is 1.42. The van der Waals surface area contributed by atoms with E-state index >= 15 is 0 Å². The van der Waals surface area contributed by atoms with Gasteiger partial charge in [0, 0.05) is 0 Å². The molecule has 1 aromatic carbocycles. The first kappa shape index (κ1) is 10.9. The Bertz CT molecular complexity index is 504. The molecule has 2 rings (SSSR count). The van der Waals surface area contributed by atoms with Crippen LogP contribution in [0.1, 0.15) is 11.5 Å². The summed E-state index contributed by atoms with van der Waals surface area (Å²) >= 11 is 0. The van der Waals surface area contributed by atoms with Crippen LogP contribution in [0.4, 0.5) is 13.2 Å². The van der Waals surface area contributed by atoms with E-state index in [0.29, 0.717) is 13.0 Å². The van der Waals surface area contributed by atoms with Gasteiger partial charge in [0.1, 0.15) is 5.52 Å². The summed E-state index contributed by atoms with van der Waals surface area (Å²) < 4.78 is 41.5. The maximum Gasteiger partial charge on any atom is 0.468 e. The normalized spacial score (nSPS) is 12.2. The van der Waals surface area contributed by atoms with Crippen molar-refractivity contribution in [3.05, 3.63) is 29.7 Å². The number of nitrogens with two attached hydrogens (primary N) is 1. The molecule has 0 aliphatic heterocycles. The van der Waals surface area contributed by atoms with Gasteiger partial charge < -0.3 is 10.2 Å². The van der Waals surface area contributed by atoms with Gasteiger partial charge in [-0.2, -0.15) is 13.2 Å². The largest absolute Gasteiger partial charge is 0.468 e. The Morgan fingerprint density at radius 3 is 2.69 bits per heavy atom. The van der Waals surface area contributed by atoms with Crippen molar-refractivity contribution in [1.29, 1.82) is 0 Å². The van der Waals surface area contributed by atoms with E-state index in [2.05, 4.69) is 9.40 Å². The van der Waals surface area contributed by atoms with Gasteiger partial charge in [-0.3, -0.25) is 0 Å². The molecule has 0 bridgehead atoms. The van der Waals surface area contributed by atoms with Crippen LogP contribution in [0, 0.1) is 0 Å². The van der Waals surface area contributed by atoms with Gasteiger partial charge in [-0.15, -0.1) is 0 Å². The maximum absolute atomic E-state index is 12.3. The van der Waals surface area contributed by atoms with Crippen LogP contribution in [0.15, 0.2) is 22.6 Å². The number of fused-ring (bicyclic) bond motifs is 1. The lowest BCUT2D eigenvalue weighted by atomic mass is 10.1. The second-order valence-corrected chi connectivity index (χ2v) is 3.36. The summed E-state index contributed by atoms with van der Waals surface area (Å²) in [7, 11) is 0. The lowest BCUT2D eigenvalue weighted by Crippen LogP contribution is -2.04. The summed E-state index contributed by atoms with van der Waals surface area (Å²) in [6, 6.07) is 4.71. The SMILES string of the molecule is NCCc1ccc2oc(C(F)(F)F)nc2c1. The number of hydrogen-bond acceptors (Lipinski definition) is 3. The second kappa shape index (κ2) is 3.79. The molecule has 0 fully saturated rings. The first-order valence-electron chi connectivity index (χ1n) is 4.67. The summed E-state index contributed by atoms with van der Waals surface area (Å²) in [6.07, 6.45) is -3.95. The zero-order chi connectivity index (χ0) is 11.8. The average molecular weight is 230 g/mol. The molecule has 2 N–H and O–H groups in total. The number of benzene rings is 1. The number of halogens is 3. The first-order valence-corrected chi connectivity index (χ1v) is 4.67. The number of aromatic nitrogens is 1. The molecule has 0 saturated heterocycles. The minimum atomic E-state index is -4.55. The molecule has 0 saturated carbocycles. The lowest BCUT2D eigenvalue weighted by Gasteiger charge is -1.97. The maximum atomic E-state index is 12.3. The average Bonchev–Trinajstić information content (AvgIpc) is 2.60. The van der Waals surface area contributed by atoms with E-state index in [1.54, 1.807) is 12.1 Å². The Hall–Kier alpha value is -1.56. The molecule has 0 amide bonds. The van der Waals surface area contributed by atoms with Crippen LogP contribution in [0.25, 0.3) is 11.1 Å². The van der Waals surface area contributed by atoms with Crippen molar-refractivity contribution in [1.82, 2.24) is 4.98 Å². The van der Waals surface area contributed by atoms with Crippen LogP contribution in [0.5, 0.6) is 0 Å². The molecule has 0 aliphatic carbocycles. The molecule has 1 heterocycles. The van der Waals surface area contributed by atoms with Gasteiger partial charge in [0.05, 0.1) is 0 Å². The quantitative estimate of drug-likeness (QED) is 0.861. The number of rotatable bonds is 2. The zero-order valence-corrected chi connectivity index (χ0v) is 8.21. The molecular formula is C10H9F3N2O. The number of hydrogen-bond donors (Lipinski definition) is 1. The summed E-state index contributed by atoms with van der Waals surface area (Å²) in [4.78, 5) is 3.39. The minimum absolute atomic E-state index is 0.132. The highest BCUT2D eigenvalue weighted by molar-refractivity contribution is 5.73. The Labute approximate surface area is 89.1 Å². The van der Waals surface area contributed by atoms with Crippen LogP contribution in [0.2, 0.25) is 0 Å². The zero-order valence-electron chi connectivity index (χ0n) is 8.21. The van der Waals surface area contributed by atoms with E-state index in [0.717, 1.165) is 5.56 Å². The molecule has 3 nitrogen and oxygen atoms in total. The van der Waals surface area contributed by atoms with E-state index in [4.69, 9.17) is 5.73 Å². The monoisotopic (exact) mass is 230 g/mol. The highest BCUT2D eigenvalue weighted by Gasteiger charge is 2.37. The predicted molar refractivity (Wildman–Crippen MR) is 51.8 cm³/mol. The lowest BCUT2D eigenvalue weighted by molar-refractivity contribution is -0.156. The molecule has 1 aromatic heterocycles. The topological polar surface area (TPSA) is 52.0 Å². The van der Waals surface area contributed by atoms with Gasteiger partial charge in [-0.1, -0.05) is 6.07 Å². The molecule has 2 aromatic rings. The summed E-state index contributed by atoms with van der Waals surface area (Å²) in [5.41, 5.74) is 6.54. The number of alkyl halides is 3. The summed E-state index contributed by atoms with van der Waals surface area (Å²) in [5, 5.41) is 0. The molecule has 0 aliphatic rings. The van der Waals surface area contributed by atoms with E-state index in [9.17, 15) is 13.2 Å². The highest BCUT2D eigenvalue weighted by atomic mass is 19.4. The van der Waals surface area contributed by atoms with Crippen LogP contribution in [-0.4, -0.2) is 11.5 Å². The van der Waals surface area contributed by atoms with Gasteiger partial charge in [0.2, 0.25) is 0 Å². The third-order valence-corrected chi connectivity index (χ3v) is 2.13. The van der Waals surface area contributed by atoms with Crippen LogP contribution in [-0.2, 0) is 12.6 Å². The smallest absolute Gasteiger partial charge is 0.433 e. The molecule has 0 unspecified atom stereocenters. The third kappa shape index (κ3) is 2.01. The summed E-state index contributed by atoms with van der Waals surface area (Å²) in [6.45, 7) is 0.440. The van der Waals surface area contributed by atoms with Crippen molar-refractivity contribution >= 4 is 11.1 Å². The molecule has 6 heteroatoms. The predicted octanol–water partition coefficient (Wildman–Crippen LogP) is 2.35. The Balaban J connectivity index is 2.46. The standard InChI is InChI=1S/C10H9F3N2O/c11-10(12,13)9-15-7-5-6(3-4-14)1-2-8(7)16-9/h1-2,5H,3-4,14H2. The van der Waals surface area contributed by atoms with E-state index < -0.39 is 12.1 Å². The number of nitrogens with zero attached hydrogens (tertiary/aromatic N) is 1. The van der Waals surface area contributed by atoms with Crippen LogP contribution in [0.3, 0.4) is 0 Å². The van der Waals surface area contributed by atoms with Crippen molar-refractivity contribution in [3.63, 3.8) is 0 Å². The van der Waals surface area contributed by atoms with Crippen molar-refractivity contribution in [2.45, 2.75) is 12.6 Å². The van der Waals surface area contributed by atoms with Crippen LogP contribution >= 0.6 is 0 Å². The van der Waals surface area contributed by atoms with Crippen molar-refractivity contribution in [2.24, 2.45) is 5.73 Å². The Kier molecular flexibility index (Phi) is 2.59. The van der Waals surface area contributed by atoms with Gasteiger partial charge in [0.15, 0.2) is 5.58 Å². The first-order chi connectivity index (χ1) is 7.50. The molecule has 0 spiro atoms. The fraction of sp³-hybridized carbons (Fsp3) is 0.300. The van der Waals surface area contributed by atoms with Crippen LogP contribution < -0.4 is 5.73 Å². The minimum Gasteiger partial charge on any atom is -0.433 e. The molecular weight excluding hydrogens is 221 g/mol. The molecule has 16 heavy (non-hydrogen) atoms. The van der Waals surface area contributed by atoms with Gasteiger partial charge in [0.25, 0.3) is 0 Å². The van der Waals surface area contributed by atoms with E-state index in [1.165, 1.54) is 6.07 Å². The Morgan fingerprint density at radius 1 is 1.31 bits per heavy atom. The molecule has 86 valence electrons. The summed E-state index contributed by atoms with van der Waals surface area (Å²) in [5.74, 6) is -1.22. The Morgan fingerprint density at radius 2 is 2.06 bits per heavy atom. The third-order valence-electron chi connectivity index (χ3n) is 2.13. The van der Waals surface area contributed by atoms with Crippen molar-refractivity contribution in [2.75, 3.05) is 6.54 Å². The molecule has 0 atom stereocenters. The van der Waals surface area contributed by atoms with Crippen molar-refractivity contribution in [3.8, 4) is 0 Å². The van der Waals surface area contributed by atoms with Gasteiger partial charge in [-0.25, -0.2) is 4.98 Å². The fourth-order valence-electron chi connectivity index (χ4n) is 1.42. The van der Waals surface area contributed by atoms with Gasteiger partial charge >= 0.3 is 12.1 Å². The van der Waals surface area contributed by atoms with E-state index in [-0.39, 0.29) is 11.1 Å².